The molecule has 0 unspecified atom stereocenters. The molecule has 6 heteroatoms. The molecule has 2 aromatic rings. The highest BCUT2D eigenvalue weighted by Gasteiger charge is 2.49. The van der Waals surface area contributed by atoms with Crippen LogP contribution in [0.15, 0.2) is 54.6 Å². The Morgan fingerprint density at radius 2 is 1.59 bits per heavy atom. The predicted molar refractivity (Wildman–Crippen MR) is 115 cm³/mol. The van der Waals surface area contributed by atoms with Crippen molar-refractivity contribution in [1.82, 2.24) is 0 Å². The van der Waals surface area contributed by atoms with Gasteiger partial charge in [0.2, 0.25) is 0 Å². The van der Waals surface area contributed by atoms with Crippen LogP contribution in [0.1, 0.15) is 31.9 Å². The number of hydrogen-bond donors (Lipinski definition) is 0. The van der Waals surface area contributed by atoms with Crippen LogP contribution in [0.3, 0.4) is 0 Å². The highest BCUT2D eigenvalue weighted by molar-refractivity contribution is 6.73. The van der Waals surface area contributed by atoms with Gasteiger partial charge in [0.1, 0.15) is 18.4 Å². The van der Waals surface area contributed by atoms with Crippen molar-refractivity contribution in [3.8, 4) is 11.8 Å². The van der Waals surface area contributed by atoms with Gasteiger partial charge in [-0.2, -0.15) is 5.26 Å². The molecule has 0 bridgehead atoms. The molecule has 0 fully saturated rings. The molecule has 0 saturated carbocycles. The number of benzene rings is 2. The Morgan fingerprint density at radius 3 is 2.07 bits per heavy atom. The van der Waals surface area contributed by atoms with Crippen LogP contribution in [-0.2, 0) is 26.2 Å². The summed E-state index contributed by atoms with van der Waals surface area (Å²) in [6.07, 6.45) is 0. The van der Waals surface area contributed by atoms with Crippen molar-refractivity contribution in [3.05, 3.63) is 65.7 Å². The highest BCUT2D eigenvalue weighted by atomic mass is 28.4. The van der Waals surface area contributed by atoms with E-state index in [1.54, 1.807) is 31.4 Å². The van der Waals surface area contributed by atoms with E-state index >= 15 is 0 Å². The number of esters is 1. The molecule has 0 heterocycles. The number of carbonyl (C=O) groups is 1. The Balaban J connectivity index is 2.44. The molecule has 0 aliphatic carbocycles. The number of rotatable bonds is 10. The number of ether oxygens (including phenoxy) is 2. The lowest BCUT2D eigenvalue weighted by atomic mass is 9.95. The minimum absolute atomic E-state index is 0.0849. The molecule has 154 valence electrons. The van der Waals surface area contributed by atoms with Gasteiger partial charge in [-0.15, -0.1) is 0 Å². The molecule has 0 saturated heterocycles. The molecule has 1 atom stereocenters. The van der Waals surface area contributed by atoms with Gasteiger partial charge in [-0.3, -0.25) is 0 Å². The van der Waals surface area contributed by atoms with E-state index < -0.39 is 19.9 Å². The number of nitriles is 1. The minimum atomic E-state index is -2.30. The van der Waals surface area contributed by atoms with Crippen molar-refractivity contribution in [3.63, 3.8) is 0 Å². The molecule has 0 aliphatic heterocycles. The van der Waals surface area contributed by atoms with E-state index in [1.807, 2.05) is 30.3 Å². The number of methoxy groups -OCH3 is 1. The highest BCUT2D eigenvalue weighted by Crippen LogP contribution is 2.36. The lowest BCUT2D eigenvalue weighted by molar-refractivity contribution is -0.160. The third-order valence-corrected chi connectivity index (χ3v) is 10.1. The zero-order chi connectivity index (χ0) is 21.3. The number of hydrogen-bond acceptors (Lipinski definition) is 5. The lowest BCUT2D eigenvalue weighted by Crippen LogP contribution is -2.49. The van der Waals surface area contributed by atoms with Crippen molar-refractivity contribution in [1.29, 1.82) is 5.26 Å². The molecule has 2 rings (SSSR count). The first kappa shape index (κ1) is 22.7. The van der Waals surface area contributed by atoms with E-state index in [0.29, 0.717) is 11.3 Å². The van der Waals surface area contributed by atoms with Gasteiger partial charge in [-0.1, -0.05) is 63.2 Å². The van der Waals surface area contributed by atoms with Crippen LogP contribution in [0, 0.1) is 11.3 Å². The van der Waals surface area contributed by atoms with E-state index in [-0.39, 0.29) is 6.61 Å². The van der Waals surface area contributed by atoms with Crippen LogP contribution in [0.2, 0.25) is 18.1 Å². The van der Waals surface area contributed by atoms with Crippen LogP contribution in [0.5, 0.6) is 5.75 Å². The molecule has 0 N–H and O–H groups in total. The Bertz CT molecular complexity index is 820. The summed E-state index contributed by atoms with van der Waals surface area (Å²) in [7, 11) is -0.734. The SMILES string of the molecule is CC[Si](CC)(CC)O[C@@](C#N)(C(=O)OCc1ccccc1)c1ccc(OC)cc1. The fourth-order valence-corrected chi connectivity index (χ4v) is 6.12. The number of nitrogens with zero attached hydrogens (tertiary/aromatic N) is 1. The first-order valence-electron chi connectivity index (χ1n) is 9.96. The van der Waals surface area contributed by atoms with Gasteiger partial charge >= 0.3 is 5.97 Å². The fourth-order valence-electron chi connectivity index (χ4n) is 3.29. The van der Waals surface area contributed by atoms with E-state index in [2.05, 4.69) is 26.8 Å². The smallest absolute Gasteiger partial charge is 0.357 e. The van der Waals surface area contributed by atoms with Gasteiger partial charge in [0.05, 0.1) is 7.11 Å². The van der Waals surface area contributed by atoms with Crippen molar-refractivity contribution in [2.45, 2.75) is 51.1 Å². The second-order valence-electron chi connectivity index (χ2n) is 6.93. The summed E-state index contributed by atoms with van der Waals surface area (Å²) in [6.45, 7) is 6.27. The Kier molecular flexibility index (Phi) is 8.00. The van der Waals surface area contributed by atoms with Gasteiger partial charge in [-0.05, 0) is 35.8 Å². The molecule has 0 spiro atoms. The summed E-state index contributed by atoms with van der Waals surface area (Å²) in [4.78, 5) is 13.3. The first-order chi connectivity index (χ1) is 14.0. The molecule has 2 aromatic carbocycles. The quantitative estimate of drug-likeness (QED) is 0.398. The van der Waals surface area contributed by atoms with Crippen LogP contribution >= 0.6 is 0 Å². The second-order valence-corrected chi connectivity index (χ2v) is 11.6. The minimum Gasteiger partial charge on any atom is -0.497 e. The van der Waals surface area contributed by atoms with Crippen LogP contribution in [0.4, 0.5) is 0 Å². The molecule has 0 amide bonds. The van der Waals surface area contributed by atoms with Crippen molar-refractivity contribution >= 4 is 14.3 Å². The lowest BCUT2D eigenvalue weighted by Gasteiger charge is -2.37. The summed E-state index contributed by atoms with van der Waals surface area (Å²) in [5, 5.41) is 10.2. The molecular weight excluding hydrogens is 382 g/mol. The molecule has 0 aliphatic rings. The van der Waals surface area contributed by atoms with E-state index in [9.17, 15) is 10.1 Å². The average molecular weight is 412 g/mol. The summed E-state index contributed by atoms with van der Waals surface area (Å²) in [6, 6.07) is 20.8. The Morgan fingerprint density at radius 1 is 1.00 bits per heavy atom. The van der Waals surface area contributed by atoms with Crippen molar-refractivity contribution in [2.24, 2.45) is 0 Å². The summed E-state index contributed by atoms with van der Waals surface area (Å²) in [5.74, 6) is -0.0375. The maximum atomic E-state index is 13.3. The van der Waals surface area contributed by atoms with Crippen LogP contribution in [-0.4, -0.2) is 21.4 Å². The summed E-state index contributed by atoms with van der Waals surface area (Å²) < 4.78 is 17.3. The Hall–Kier alpha value is -2.62. The largest absolute Gasteiger partial charge is 0.497 e. The Labute approximate surface area is 174 Å². The zero-order valence-electron chi connectivity index (χ0n) is 17.6. The van der Waals surface area contributed by atoms with E-state index in [4.69, 9.17) is 13.9 Å². The van der Waals surface area contributed by atoms with Gasteiger partial charge < -0.3 is 13.9 Å². The molecule has 5 nitrogen and oxygen atoms in total. The van der Waals surface area contributed by atoms with E-state index in [0.717, 1.165) is 23.7 Å². The monoisotopic (exact) mass is 411 g/mol. The third-order valence-electron chi connectivity index (χ3n) is 5.46. The maximum Gasteiger partial charge on any atom is 0.357 e. The summed E-state index contributed by atoms with van der Waals surface area (Å²) in [5.41, 5.74) is -0.478. The molecule has 0 aromatic heterocycles. The van der Waals surface area contributed by atoms with Crippen molar-refractivity contribution in [2.75, 3.05) is 7.11 Å². The van der Waals surface area contributed by atoms with Gasteiger partial charge in [0.15, 0.2) is 8.32 Å². The van der Waals surface area contributed by atoms with Gasteiger partial charge in [-0.25, -0.2) is 4.79 Å². The topological polar surface area (TPSA) is 68.5 Å². The van der Waals surface area contributed by atoms with Gasteiger partial charge in [0.25, 0.3) is 5.60 Å². The first-order valence-corrected chi connectivity index (χ1v) is 12.5. The normalized spacial score (nSPS) is 13.2. The molecular formula is C23H29NO4Si. The standard InChI is InChI=1S/C23H29NO4Si/c1-5-29(6-2,7-3)28-23(18-24,20-13-15-21(26-4)16-14-20)22(25)27-17-19-11-9-8-10-12-19/h8-16H,5-7,17H2,1-4H3/t23-/m1/s1. The van der Waals surface area contributed by atoms with Crippen LogP contribution < -0.4 is 4.74 Å². The van der Waals surface area contributed by atoms with E-state index in [1.165, 1.54) is 0 Å². The molecule has 29 heavy (non-hydrogen) atoms. The van der Waals surface area contributed by atoms with Crippen LogP contribution in [0.25, 0.3) is 0 Å². The fraction of sp³-hybridized carbons (Fsp3) is 0.391. The summed E-state index contributed by atoms with van der Waals surface area (Å²) >= 11 is 0. The second kappa shape index (κ2) is 10.2. The van der Waals surface area contributed by atoms with Crippen molar-refractivity contribution < 1.29 is 18.7 Å². The maximum absolute atomic E-state index is 13.3. The number of carbonyl (C=O) groups excluding carboxylic acids is 1. The molecule has 0 radical (unpaired) electrons. The van der Waals surface area contributed by atoms with Gasteiger partial charge in [0, 0.05) is 5.56 Å². The zero-order valence-corrected chi connectivity index (χ0v) is 18.6. The average Bonchev–Trinajstić information content (AvgIpc) is 2.80. The third kappa shape index (κ3) is 5.06. The predicted octanol–water partition coefficient (Wildman–Crippen LogP) is 5.18.